The first kappa shape index (κ1) is 23.0. The fourth-order valence-electron chi connectivity index (χ4n) is 2.98. The average molecular weight is 409 g/mol. The molecule has 0 spiro atoms. The predicted octanol–water partition coefficient (Wildman–Crippen LogP) is 3.56. The van der Waals surface area contributed by atoms with Crippen molar-refractivity contribution in [2.75, 3.05) is 6.54 Å². The molecule has 3 aromatic rings. The highest BCUT2D eigenvalue weighted by Crippen LogP contribution is 2.15. The lowest BCUT2D eigenvalue weighted by atomic mass is 10.0. The Labute approximate surface area is 172 Å². The molecule has 5 nitrogen and oxygen atoms in total. The van der Waals surface area contributed by atoms with E-state index in [1.54, 1.807) is 0 Å². The number of aryl methyl sites for hydroxylation is 2. The van der Waals surface area contributed by atoms with Crippen molar-refractivity contribution in [2.45, 2.75) is 25.3 Å². The zero-order valence-corrected chi connectivity index (χ0v) is 16.9. The van der Waals surface area contributed by atoms with Gasteiger partial charge < -0.3 is 15.6 Å². The highest BCUT2D eigenvalue weighted by Gasteiger charge is 2.11. The molecule has 2 aromatic carbocycles. The van der Waals surface area contributed by atoms with Gasteiger partial charge in [-0.1, -0.05) is 42.5 Å². The number of nitrogens with two attached hydrogens (primary N) is 1. The van der Waals surface area contributed by atoms with Crippen LogP contribution in [0.1, 0.15) is 30.3 Å². The lowest BCUT2D eigenvalue weighted by Gasteiger charge is -2.12. The molecule has 0 aliphatic carbocycles. The minimum Gasteiger partial charge on any atom is -0.356 e. The summed E-state index contributed by atoms with van der Waals surface area (Å²) in [6.45, 7) is 0.629. The van der Waals surface area contributed by atoms with E-state index in [0.717, 1.165) is 35.3 Å². The third-order valence-electron chi connectivity index (χ3n) is 4.41. The first-order valence-corrected chi connectivity index (χ1v) is 8.62. The molecule has 3 rings (SSSR count). The van der Waals surface area contributed by atoms with Crippen molar-refractivity contribution < 1.29 is 4.79 Å². The second-order valence-electron chi connectivity index (χ2n) is 6.25. The number of carbonyl (C=O) groups is 1. The molecule has 3 N–H and O–H groups in total. The number of rotatable bonds is 7. The Kier molecular flexibility index (Phi) is 9.29. The molecule has 0 fully saturated rings. The summed E-state index contributed by atoms with van der Waals surface area (Å²) in [6, 6.07) is 17.5. The maximum atomic E-state index is 12.0. The largest absolute Gasteiger partial charge is 0.356 e. The van der Waals surface area contributed by atoms with Crippen molar-refractivity contribution in [3.63, 3.8) is 0 Å². The van der Waals surface area contributed by atoms with Crippen molar-refractivity contribution in [3.8, 4) is 0 Å². The number of hydrogen-bond donors (Lipinski definition) is 2. The molecule has 0 bridgehead atoms. The van der Waals surface area contributed by atoms with E-state index in [1.165, 1.54) is 0 Å². The van der Waals surface area contributed by atoms with Crippen molar-refractivity contribution in [1.82, 2.24) is 14.9 Å². The fraction of sp³-hybridized carbons (Fsp3) is 0.300. The molecule has 1 aromatic heterocycles. The van der Waals surface area contributed by atoms with Crippen LogP contribution in [0.4, 0.5) is 0 Å². The Balaban J connectivity index is 0.00000182. The van der Waals surface area contributed by atoms with Crippen LogP contribution in [0.5, 0.6) is 0 Å². The second kappa shape index (κ2) is 10.9. The van der Waals surface area contributed by atoms with E-state index in [4.69, 9.17) is 5.73 Å². The zero-order valence-electron chi connectivity index (χ0n) is 15.3. The number of aromatic nitrogens is 2. The van der Waals surface area contributed by atoms with E-state index in [-0.39, 0.29) is 36.8 Å². The number of imidazole rings is 1. The van der Waals surface area contributed by atoms with Crippen LogP contribution in [-0.2, 0) is 18.3 Å². The second-order valence-corrected chi connectivity index (χ2v) is 6.25. The lowest BCUT2D eigenvalue weighted by Crippen LogP contribution is -2.28. The summed E-state index contributed by atoms with van der Waals surface area (Å²) in [6.07, 6.45) is 1.98. The Morgan fingerprint density at radius 3 is 2.48 bits per heavy atom. The van der Waals surface area contributed by atoms with Crippen molar-refractivity contribution >= 4 is 41.8 Å². The molecule has 0 saturated carbocycles. The normalized spacial score (nSPS) is 11.3. The molecule has 0 radical (unpaired) electrons. The summed E-state index contributed by atoms with van der Waals surface area (Å²) in [7, 11) is 2.03. The SMILES string of the molecule is Cl.Cl.Cn1c(CCCNC(=O)CC(N)c2ccccc2)nc2ccccc21. The maximum Gasteiger partial charge on any atom is 0.221 e. The molecular weight excluding hydrogens is 383 g/mol. The van der Waals surface area contributed by atoms with Crippen LogP contribution in [0.2, 0.25) is 0 Å². The minimum absolute atomic E-state index is 0. The van der Waals surface area contributed by atoms with Gasteiger partial charge in [-0.2, -0.15) is 0 Å². The van der Waals surface area contributed by atoms with Crippen LogP contribution in [0.15, 0.2) is 54.6 Å². The van der Waals surface area contributed by atoms with Gasteiger partial charge in [0.05, 0.1) is 11.0 Å². The van der Waals surface area contributed by atoms with Crippen LogP contribution < -0.4 is 11.1 Å². The van der Waals surface area contributed by atoms with E-state index in [9.17, 15) is 4.79 Å². The zero-order chi connectivity index (χ0) is 17.6. The number of nitrogens with zero attached hydrogens (tertiary/aromatic N) is 2. The topological polar surface area (TPSA) is 72.9 Å². The van der Waals surface area contributed by atoms with Crippen molar-refractivity contribution in [3.05, 3.63) is 66.0 Å². The van der Waals surface area contributed by atoms with Gasteiger partial charge >= 0.3 is 0 Å². The molecule has 0 saturated heterocycles. The molecule has 1 heterocycles. The summed E-state index contributed by atoms with van der Waals surface area (Å²) in [5.41, 5.74) is 9.21. The Morgan fingerprint density at radius 2 is 1.78 bits per heavy atom. The highest BCUT2D eigenvalue weighted by molar-refractivity contribution is 5.85. The van der Waals surface area contributed by atoms with Gasteiger partial charge in [0, 0.05) is 32.5 Å². The molecule has 0 aliphatic rings. The summed E-state index contributed by atoms with van der Waals surface area (Å²) in [4.78, 5) is 16.7. The van der Waals surface area contributed by atoms with Gasteiger partial charge in [0.15, 0.2) is 0 Å². The number of carbonyl (C=O) groups excluding carboxylic acids is 1. The fourth-order valence-corrected chi connectivity index (χ4v) is 2.98. The van der Waals surface area contributed by atoms with Gasteiger partial charge in [-0.05, 0) is 24.1 Å². The smallest absolute Gasteiger partial charge is 0.221 e. The monoisotopic (exact) mass is 408 g/mol. The van der Waals surface area contributed by atoms with Crippen molar-refractivity contribution in [2.24, 2.45) is 12.8 Å². The average Bonchev–Trinajstić information content (AvgIpc) is 2.96. The predicted molar refractivity (Wildman–Crippen MR) is 115 cm³/mol. The molecular formula is C20H26Cl2N4O. The van der Waals surface area contributed by atoms with Crippen LogP contribution >= 0.6 is 24.8 Å². The summed E-state index contributed by atoms with van der Waals surface area (Å²) in [5.74, 6) is 1.03. The number of fused-ring (bicyclic) bond motifs is 1. The lowest BCUT2D eigenvalue weighted by molar-refractivity contribution is -0.121. The number of amides is 1. The Hall–Kier alpha value is -2.08. The maximum absolute atomic E-state index is 12.0. The first-order valence-electron chi connectivity index (χ1n) is 8.62. The molecule has 1 atom stereocenters. The summed E-state index contributed by atoms with van der Waals surface area (Å²) < 4.78 is 2.11. The minimum atomic E-state index is -0.263. The van der Waals surface area contributed by atoms with Gasteiger partial charge in [-0.3, -0.25) is 4.79 Å². The van der Waals surface area contributed by atoms with Gasteiger partial charge in [-0.15, -0.1) is 24.8 Å². The van der Waals surface area contributed by atoms with E-state index in [2.05, 4.69) is 20.9 Å². The van der Waals surface area contributed by atoms with Crippen LogP contribution in [0.3, 0.4) is 0 Å². The standard InChI is InChI=1S/C20H24N4O.2ClH/c1-24-18-11-6-5-10-17(18)23-19(24)12-7-13-22-20(25)14-16(21)15-8-3-2-4-9-15;;/h2-6,8-11,16H,7,12-14,21H2,1H3,(H,22,25);2*1H. The first-order chi connectivity index (χ1) is 12.1. The van der Waals surface area contributed by atoms with Crippen molar-refractivity contribution in [1.29, 1.82) is 0 Å². The van der Waals surface area contributed by atoms with Crippen LogP contribution in [0.25, 0.3) is 11.0 Å². The summed E-state index contributed by atoms with van der Waals surface area (Å²) in [5, 5.41) is 2.95. The number of para-hydroxylation sites is 2. The number of halogens is 2. The third kappa shape index (κ3) is 5.96. The summed E-state index contributed by atoms with van der Waals surface area (Å²) >= 11 is 0. The highest BCUT2D eigenvalue weighted by atomic mass is 35.5. The Morgan fingerprint density at radius 1 is 1.11 bits per heavy atom. The van der Waals surface area contributed by atoms with Gasteiger partial charge in [0.2, 0.25) is 5.91 Å². The number of benzene rings is 2. The van der Waals surface area contributed by atoms with E-state index >= 15 is 0 Å². The molecule has 0 aliphatic heterocycles. The van der Waals surface area contributed by atoms with Gasteiger partial charge in [0.1, 0.15) is 5.82 Å². The van der Waals surface area contributed by atoms with Crippen LogP contribution in [0, 0.1) is 0 Å². The molecule has 146 valence electrons. The Bertz CT molecular complexity index is 852. The van der Waals surface area contributed by atoms with E-state index in [0.29, 0.717) is 13.0 Å². The van der Waals surface area contributed by atoms with E-state index < -0.39 is 0 Å². The molecule has 7 heteroatoms. The molecule has 27 heavy (non-hydrogen) atoms. The third-order valence-corrected chi connectivity index (χ3v) is 4.41. The number of hydrogen-bond acceptors (Lipinski definition) is 3. The molecule has 1 amide bonds. The number of nitrogens with one attached hydrogen (secondary N) is 1. The van der Waals surface area contributed by atoms with Crippen LogP contribution in [-0.4, -0.2) is 22.0 Å². The van der Waals surface area contributed by atoms with E-state index in [1.807, 2.05) is 55.6 Å². The van der Waals surface area contributed by atoms with Gasteiger partial charge in [0.25, 0.3) is 0 Å². The quantitative estimate of drug-likeness (QED) is 0.586. The van der Waals surface area contributed by atoms with Gasteiger partial charge in [-0.25, -0.2) is 4.98 Å². The molecule has 1 unspecified atom stereocenters.